The zero-order chi connectivity index (χ0) is 15.5. The molecule has 1 aromatic carbocycles. The topological polar surface area (TPSA) is 104 Å². The number of rotatable bonds is 5. The molecule has 0 radical (unpaired) electrons. The molecule has 8 heteroatoms. The lowest BCUT2D eigenvalue weighted by Crippen LogP contribution is -2.52. The largest absolute Gasteiger partial charge is 0.385 e. The number of benzene rings is 1. The molecule has 0 saturated carbocycles. The highest BCUT2D eigenvalue weighted by Crippen LogP contribution is 2.17. The van der Waals surface area contributed by atoms with Crippen molar-refractivity contribution in [1.29, 1.82) is 0 Å². The molecule has 0 aromatic heterocycles. The second-order valence-electron chi connectivity index (χ2n) is 4.68. The van der Waals surface area contributed by atoms with E-state index in [1.54, 1.807) is 12.1 Å². The smallest absolute Gasteiger partial charge is 0.244 e. The molecule has 1 aromatic rings. The number of carbonyl (C=O) groups is 2. The molecule has 1 unspecified atom stereocenters. The van der Waals surface area contributed by atoms with Crippen molar-refractivity contribution >= 4 is 27.5 Å². The van der Waals surface area contributed by atoms with Gasteiger partial charge in [0.1, 0.15) is 6.04 Å². The third-order valence-electron chi connectivity index (χ3n) is 3.06. The number of hydrogen-bond donors (Lipinski definition) is 3. The molecule has 21 heavy (non-hydrogen) atoms. The van der Waals surface area contributed by atoms with Crippen molar-refractivity contribution in [3.05, 3.63) is 24.3 Å². The summed E-state index contributed by atoms with van der Waals surface area (Å²) >= 11 is 0. The van der Waals surface area contributed by atoms with Crippen molar-refractivity contribution in [3.8, 4) is 0 Å². The Morgan fingerprint density at radius 3 is 2.76 bits per heavy atom. The Morgan fingerprint density at radius 2 is 2.10 bits per heavy atom. The number of hydrogen-bond acceptors (Lipinski definition) is 5. The first-order valence-electron chi connectivity index (χ1n) is 6.62. The maximum atomic E-state index is 12.3. The predicted octanol–water partition coefficient (Wildman–Crippen LogP) is 0.202. The average molecular weight is 311 g/mol. The molecule has 1 fully saturated rings. The predicted molar refractivity (Wildman–Crippen MR) is 77.1 cm³/mol. The molecular weight excluding hydrogens is 294 g/mol. The summed E-state index contributed by atoms with van der Waals surface area (Å²) in [6, 6.07) is 5.41. The van der Waals surface area contributed by atoms with Crippen molar-refractivity contribution in [1.82, 2.24) is 10.0 Å². The van der Waals surface area contributed by atoms with E-state index in [2.05, 4.69) is 15.4 Å². The van der Waals surface area contributed by atoms with Crippen molar-refractivity contribution in [2.75, 3.05) is 11.9 Å². The minimum atomic E-state index is -3.81. The lowest BCUT2D eigenvalue weighted by molar-refractivity contribution is -0.134. The van der Waals surface area contributed by atoms with Crippen molar-refractivity contribution in [2.45, 2.75) is 30.7 Å². The molecule has 7 nitrogen and oxygen atoms in total. The van der Waals surface area contributed by atoms with Crippen molar-refractivity contribution in [2.24, 2.45) is 0 Å². The first kappa shape index (κ1) is 15.5. The average Bonchev–Trinajstić information content (AvgIpc) is 2.43. The van der Waals surface area contributed by atoms with Gasteiger partial charge in [0.2, 0.25) is 21.8 Å². The first-order valence-corrected chi connectivity index (χ1v) is 8.10. The van der Waals surface area contributed by atoms with Crippen LogP contribution in [0.4, 0.5) is 5.69 Å². The van der Waals surface area contributed by atoms with Crippen LogP contribution in [0.1, 0.15) is 19.8 Å². The Bertz CT molecular complexity index is 657. The van der Waals surface area contributed by atoms with Crippen molar-refractivity contribution in [3.63, 3.8) is 0 Å². The molecule has 0 bridgehead atoms. The fraction of sp³-hybridized carbons (Fsp3) is 0.385. The molecule has 2 amide bonds. The van der Waals surface area contributed by atoms with Gasteiger partial charge in [0.15, 0.2) is 0 Å². The molecule has 1 atom stereocenters. The van der Waals surface area contributed by atoms with E-state index in [9.17, 15) is 18.0 Å². The second-order valence-corrected chi connectivity index (χ2v) is 6.40. The summed E-state index contributed by atoms with van der Waals surface area (Å²) in [7, 11) is -3.81. The Morgan fingerprint density at radius 1 is 1.33 bits per heavy atom. The molecule has 2 rings (SSSR count). The van der Waals surface area contributed by atoms with Crippen molar-refractivity contribution < 1.29 is 18.0 Å². The highest BCUT2D eigenvalue weighted by molar-refractivity contribution is 7.89. The molecule has 1 saturated heterocycles. The van der Waals surface area contributed by atoms with E-state index in [0.29, 0.717) is 12.2 Å². The van der Waals surface area contributed by atoms with E-state index >= 15 is 0 Å². The van der Waals surface area contributed by atoms with Gasteiger partial charge in [-0.1, -0.05) is 6.07 Å². The number of sulfonamides is 1. The molecule has 1 aliphatic rings. The second kappa shape index (κ2) is 6.23. The third-order valence-corrected chi connectivity index (χ3v) is 4.53. The lowest BCUT2D eigenvalue weighted by Gasteiger charge is -2.21. The van der Waals surface area contributed by atoms with Gasteiger partial charge in [-0.15, -0.1) is 0 Å². The van der Waals surface area contributed by atoms with Crippen LogP contribution in [0, 0.1) is 0 Å². The lowest BCUT2D eigenvalue weighted by atomic mass is 10.1. The first-order chi connectivity index (χ1) is 9.92. The molecule has 3 N–H and O–H groups in total. The standard InChI is InChI=1S/C13H17N3O4S/c1-2-14-9-4-3-5-10(8-9)21(19,20)16-11-6-7-12(17)15-13(11)18/h3-5,8,11,14,16H,2,6-7H2,1H3,(H,15,17,18). The van der Waals surface area contributed by atoms with Gasteiger partial charge in [-0.3, -0.25) is 14.9 Å². The maximum absolute atomic E-state index is 12.3. The summed E-state index contributed by atoms with van der Waals surface area (Å²) < 4.78 is 26.9. The Kier molecular flexibility index (Phi) is 4.59. The summed E-state index contributed by atoms with van der Waals surface area (Å²) in [4.78, 5) is 22.7. The Hall–Kier alpha value is -1.93. The van der Waals surface area contributed by atoms with Crippen LogP contribution in [-0.4, -0.2) is 32.8 Å². The molecular formula is C13H17N3O4S. The highest BCUT2D eigenvalue weighted by Gasteiger charge is 2.30. The van der Waals surface area contributed by atoms with Gasteiger partial charge in [-0.25, -0.2) is 8.42 Å². The summed E-state index contributed by atoms with van der Waals surface area (Å²) in [5.74, 6) is -0.998. The number of carbonyl (C=O) groups excluding carboxylic acids is 2. The quantitative estimate of drug-likeness (QED) is 0.674. The van der Waals surface area contributed by atoms with Crippen LogP contribution in [-0.2, 0) is 19.6 Å². The minimum absolute atomic E-state index is 0.0747. The minimum Gasteiger partial charge on any atom is -0.385 e. The number of amides is 2. The fourth-order valence-corrected chi connectivity index (χ4v) is 3.31. The fourth-order valence-electron chi connectivity index (χ4n) is 2.04. The number of imide groups is 1. The SMILES string of the molecule is CCNc1cccc(S(=O)(=O)NC2CCC(=O)NC2=O)c1. The van der Waals surface area contributed by atoms with E-state index in [-0.39, 0.29) is 23.6 Å². The zero-order valence-corrected chi connectivity index (χ0v) is 12.4. The van der Waals surface area contributed by atoms with Gasteiger partial charge < -0.3 is 5.32 Å². The van der Waals surface area contributed by atoms with Gasteiger partial charge in [0, 0.05) is 18.7 Å². The summed E-state index contributed by atoms with van der Waals surface area (Å²) in [5, 5.41) is 5.14. The van der Waals surface area contributed by atoms with E-state index in [0.717, 1.165) is 0 Å². The molecule has 1 heterocycles. The number of anilines is 1. The van der Waals surface area contributed by atoms with Crippen LogP contribution >= 0.6 is 0 Å². The van der Waals surface area contributed by atoms with Crippen LogP contribution in [0.5, 0.6) is 0 Å². The highest BCUT2D eigenvalue weighted by atomic mass is 32.2. The zero-order valence-electron chi connectivity index (χ0n) is 11.5. The third kappa shape index (κ3) is 3.79. The molecule has 0 aliphatic carbocycles. The van der Waals surface area contributed by atoms with Gasteiger partial charge in [0.05, 0.1) is 4.90 Å². The number of nitrogens with one attached hydrogen (secondary N) is 3. The Balaban J connectivity index is 2.16. The monoisotopic (exact) mass is 311 g/mol. The van der Waals surface area contributed by atoms with E-state index in [4.69, 9.17) is 0 Å². The number of piperidine rings is 1. The Labute approximate surface area is 123 Å². The summed E-state index contributed by atoms with van der Waals surface area (Å²) in [6.45, 7) is 2.58. The van der Waals surface area contributed by atoms with Gasteiger partial charge in [0.25, 0.3) is 0 Å². The van der Waals surface area contributed by atoms with Crippen LogP contribution in [0.25, 0.3) is 0 Å². The summed E-state index contributed by atoms with van der Waals surface area (Å²) in [6.07, 6.45) is 0.285. The van der Waals surface area contributed by atoms with E-state index in [1.165, 1.54) is 12.1 Å². The molecule has 1 aliphatic heterocycles. The van der Waals surface area contributed by atoms with Crippen LogP contribution < -0.4 is 15.4 Å². The van der Waals surface area contributed by atoms with Gasteiger partial charge in [-0.05, 0) is 31.5 Å². The summed E-state index contributed by atoms with van der Waals surface area (Å²) in [5.41, 5.74) is 0.684. The van der Waals surface area contributed by atoms with Crippen LogP contribution in [0.2, 0.25) is 0 Å². The van der Waals surface area contributed by atoms with Gasteiger partial charge in [-0.2, -0.15) is 4.72 Å². The van der Waals surface area contributed by atoms with Gasteiger partial charge >= 0.3 is 0 Å². The molecule has 0 spiro atoms. The van der Waals surface area contributed by atoms with E-state index in [1.807, 2.05) is 6.92 Å². The maximum Gasteiger partial charge on any atom is 0.244 e. The van der Waals surface area contributed by atoms with E-state index < -0.39 is 22.0 Å². The van der Waals surface area contributed by atoms with Crippen LogP contribution in [0.15, 0.2) is 29.2 Å². The normalized spacial score (nSPS) is 19.2. The molecule has 114 valence electrons. The van der Waals surface area contributed by atoms with Crippen LogP contribution in [0.3, 0.4) is 0 Å².